The molecule has 16 heavy (non-hydrogen) atoms. The van der Waals surface area contributed by atoms with Crippen LogP contribution in [0, 0.1) is 9.49 Å². The van der Waals surface area contributed by atoms with E-state index in [4.69, 9.17) is 5.73 Å². The quantitative estimate of drug-likeness (QED) is 0.789. The molecule has 1 aliphatic heterocycles. The molecule has 3 N–H and O–H groups in total. The van der Waals surface area contributed by atoms with Crippen LogP contribution < -0.4 is 5.73 Å². The van der Waals surface area contributed by atoms with Gasteiger partial charge in [-0.05, 0) is 47.5 Å². The Labute approximate surface area is 115 Å². The Bertz CT molecular complexity index is 369. The summed E-state index contributed by atoms with van der Waals surface area (Å²) in [6.45, 7) is 2.30. The number of carbonyl (C=O) groups excluding carboxylic acids is 1. The molecule has 1 saturated heterocycles. The average Bonchev–Trinajstić information content (AvgIpc) is 2.84. The summed E-state index contributed by atoms with van der Waals surface area (Å²) in [5.41, 5.74) is 6.27. The summed E-state index contributed by atoms with van der Waals surface area (Å²) < 4.78 is 1.06. The number of nitrogens with one attached hydrogen (secondary N) is 1. The molecule has 1 aromatic heterocycles. The summed E-state index contributed by atoms with van der Waals surface area (Å²) in [6, 6.07) is 1.87. The molecule has 0 aliphatic carbocycles. The molecule has 0 aromatic carbocycles. The Balaban J connectivity index is 0.00000128. The third kappa shape index (κ3) is 2.89. The van der Waals surface area contributed by atoms with Crippen molar-refractivity contribution in [1.82, 2.24) is 9.88 Å². The first kappa shape index (κ1) is 13.8. The standard InChI is InChI=1S/C10H14IN3O.ClH/c11-8-3-9(13-5-8)10(15)14-2-1-7(4-12)6-14;/h3,5,7,13H,1-2,4,6,12H2;1H. The number of amides is 1. The van der Waals surface area contributed by atoms with Gasteiger partial charge in [0.2, 0.25) is 0 Å². The molecule has 1 aliphatic rings. The number of H-pyrrole nitrogens is 1. The summed E-state index contributed by atoms with van der Waals surface area (Å²) in [7, 11) is 0. The van der Waals surface area contributed by atoms with E-state index in [9.17, 15) is 4.79 Å². The number of hydrogen-bond donors (Lipinski definition) is 2. The Morgan fingerprint density at radius 2 is 2.44 bits per heavy atom. The largest absolute Gasteiger partial charge is 0.356 e. The van der Waals surface area contributed by atoms with Crippen LogP contribution >= 0.6 is 35.0 Å². The average molecular weight is 356 g/mol. The fourth-order valence-corrected chi connectivity index (χ4v) is 2.34. The summed E-state index contributed by atoms with van der Waals surface area (Å²) in [5, 5.41) is 0. The van der Waals surface area contributed by atoms with E-state index in [1.54, 1.807) is 0 Å². The van der Waals surface area contributed by atoms with Crippen molar-refractivity contribution >= 4 is 40.9 Å². The predicted molar refractivity (Wildman–Crippen MR) is 73.8 cm³/mol. The lowest BCUT2D eigenvalue weighted by Gasteiger charge is -2.14. The molecule has 1 fully saturated rings. The zero-order chi connectivity index (χ0) is 10.8. The van der Waals surface area contributed by atoms with Gasteiger partial charge in [-0.1, -0.05) is 0 Å². The van der Waals surface area contributed by atoms with E-state index in [-0.39, 0.29) is 18.3 Å². The van der Waals surface area contributed by atoms with Gasteiger partial charge in [-0.2, -0.15) is 0 Å². The van der Waals surface area contributed by atoms with Crippen molar-refractivity contribution in [3.63, 3.8) is 0 Å². The molecule has 0 bridgehead atoms. The molecule has 1 aromatic rings. The molecule has 1 atom stereocenters. The molecule has 90 valence electrons. The lowest BCUT2D eigenvalue weighted by molar-refractivity contribution is 0.0782. The number of halogens is 2. The first-order valence-electron chi connectivity index (χ1n) is 5.04. The fraction of sp³-hybridized carbons (Fsp3) is 0.500. The Morgan fingerprint density at radius 3 is 2.94 bits per heavy atom. The molecule has 0 spiro atoms. The highest BCUT2D eigenvalue weighted by Gasteiger charge is 2.26. The van der Waals surface area contributed by atoms with Crippen LogP contribution in [0.2, 0.25) is 0 Å². The zero-order valence-electron chi connectivity index (χ0n) is 8.78. The number of aromatic nitrogens is 1. The molecular formula is C10H15ClIN3O. The summed E-state index contributed by atoms with van der Waals surface area (Å²) >= 11 is 2.19. The van der Waals surface area contributed by atoms with Gasteiger partial charge in [-0.3, -0.25) is 4.79 Å². The number of rotatable bonds is 2. The monoisotopic (exact) mass is 355 g/mol. The number of nitrogens with zero attached hydrogens (tertiary/aromatic N) is 1. The van der Waals surface area contributed by atoms with E-state index in [2.05, 4.69) is 27.6 Å². The highest BCUT2D eigenvalue weighted by atomic mass is 127. The zero-order valence-corrected chi connectivity index (χ0v) is 11.8. The van der Waals surface area contributed by atoms with Gasteiger partial charge in [0, 0.05) is 22.9 Å². The van der Waals surface area contributed by atoms with Crippen molar-refractivity contribution < 1.29 is 4.79 Å². The molecular weight excluding hydrogens is 340 g/mol. The van der Waals surface area contributed by atoms with Gasteiger partial charge in [0.05, 0.1) is 0 Å². The molecule has 0 radical (unpaired) electrons. The van der Waals surface area contributed by atoms with Gasteiger partial charge in [0.15, 0.2) is 0 Å². The van der Waals surface area contributed by atoms with Crippen molar-refractivity contribution in [3.8, 4) is 0 Å². The van der Waals surface area contributed by atoms with Gasteiger partial charge in [-0.15, -0.1) is 12.4 Å². The SMILES string of the molecule is Cl.NCC1CCN(C(=O)c2cc(I)c[nH]2)C1. The Hall–Kier alpha value is -0.270. The summed E-state index contributed by atoms with van der Waals surface area (Å²) in [4.78, 5) is 16.8. The lowest BCUT2D eigenvalue weighted by atomic mass is 10.1. The van der Waals surface area contributed by atoms with Gasteiger partial charge in [0.25, 0.3) is 5.91 Å². The lowest BCUT2D eigenvalue weighted by Crippen LogP contribution is -2.30. The number of hydrogen-bond acceptors (Lipinski definition) is 2. The summed E-state index contributed by atoms with van der Waals surface area (Å²) in [6.07, 6.45) is 2.87. The number of nitrogens with two attached hydrogens (primary N) is 1. The fourth-order valence-electron chi connectivity index (χ4n) is 1.87. The maximum absolute atomic E-state index is 12.0. The number of aromatic amines is 1. The van der Waals surface area contributed by atoms with Gasteiger partial charge in [-0.25, -0.2) is 0 Å². The van der Waals surface area contributed by atoms with Crippen molar-refractivity contribution in [2.75, 3.05) is 19.6 Å². The molecule has 4 nitrogen and oxygen atoms in total. The third-order valence-corrected chi connectivity index (χ3v) is 3.41. The van der Waals surface area contributed by atoms with Crippen LogP contribution in [0.3, 0.4) is 0 Å². The molecule has 0 saturated carbocycles. The second-order valence-electron chi connectivity index (χ2n) is 3.87. The normalized spacial score (nSPS) is 19.6. The van der Waals surface area contributed by atoms with Crippen LogP contribution in [-0.4, -0.2) is 35.4 Å². The third-order valence-electron chi connectivity index (χ3n) is 2.78. The van der Waals surface area contributed by atoms with E-state index >= 15 is 0 Å². The first-order chi connectivity index (χ1) is 7.20. The minimum atomic E-state index is 0. The van der Waals surface area contributed by atoms with E-state index in [1.807, 2.05) is 17.2 Å². The summed E-state index contributed by atoms with van der Waals surface area (Å²) in [5.74, 6) is 0.567. The van der Waals surface area contributed by atoms with Crippen molar-refractivity contribution in [2.45, 2.75) is 6.42 Å². The molecule has 6 heteroatoms. The minimum Gasteiger partial charge on any atom is -0.356 e. The number of likely N-dealkylation sites (tertiary alicyclic amines) is 1. The molecule has 1 amide bonds. The molecule has 2 rings (SSSR count). The minimum absolute atomic E-state index is 0. The molecule has 2 heterocycles. The van der Waals surface area contributed by atoms with E-state index in [0.717, 1.165) is 23.1 Å². The van der Waals surface area contributed by atoms with E-state index < -0.39 is 0 Å². The highest BCUT2D eigenvalue weighted by Crippen LogP contribution is 2.18. The van der Waals surface area contributed by atoms with E-state index in [1.165, 1.54) is 0 Å². The predicted octanol–water partition coefficient (Wildman–Crippen LogP) is 1.46. The van der Waals surface area contributed by atoms with Gasteiger partial charge >= 0.3 is 0 Å². The second kappa shape index (κ2) is 5.88. The second-order valence-corrected chi connectivity index (χ2v) is 5.12. The van der Waals surface area contributed by atoms with Crippen molar-refractivity contribution in [3.05, 3.63) is 21.5 Å². The van der Waals surface area contributed by atoms with Crippen LogP contribution in [0.25, 0.3) is 0 Å². The van der Waals surface area contributed by atoms with Gasteiger partial charge in [0.1, 0.15) is 5.69 Å². The van der Waals surface area contributed by atoms with Gasteiger partial charge < -0.3 is 15.6 Å². The van der Waals surface area contributed by atoms with Crippen LogP contribution in [0.15, 0.2) is 12.3 Å². The van der Waals surface area contributed by atoms with Crippen molar-refractivity contribution in [1.29, 1.82) is 0 Å². The molecule has 1 unspecified atom stereocenters. The Kier molecular flexibility index (Phi) is 5.07. The Morgan fingerprint density at radius 1 is 1.69 bits per heavy atom. The first-order valence-corrected chi connectivity index (χ1v) is 6.12. The van der Waals surface area contributed by atoms with Crippen LogP contribution in [0.5, 0.6) is 0 Å². The maximum atomic E-state index is 12.0. The maximum Gasteiger partial charge on any atom is 0.270 e. The number of carbonyl (C=O) groups is 1. The van der Waals surface area contributed by atoms with Crippen LogP contribution in [0.4, 0.5) is 0 Å². The topological polar surface area (TPSA) is 62.1 Å². The van der Waals surface area contributed by atoms with E-state index in [0.29, 0.717) is 18.2 Å². The highest BCUT2D eigenvalue weighted by molar-refractivity contribution is 14.1. The van der Waals surface area contributed by atoms with Crippen LogP contribution in [0.1, 0.15) is 16.9 Å². The smallest absolute Gasteiger partial charge is 0.270 e. The van der Waals surface area contributed by atoms with Crippen molar-refractivity contribution in [2.24, 2.45) is 11.7 Å². The van der Waals surface area contributed by atoms with Crippen LogP contribution in [-0.2, 0) is 0 Å².